The molecule has 1 heterocycles. The van der Waals surface area contributed by atoms with Crippen molar-refractivity contribution in [1.29, 1.82) is 0 Å². The average Bonchev–Trinajstić information content (AvgIpc) is 2.88. The SMILES string of the molecule is CN.CN(c1cc(-c2cc(Cl)c(F)cc2F)nc(C(CN)c2ccccc2)c1)C(C=O)CCC=O. The fourth-order valence-corrected chi connectivity index (χ4v) is 3.84. The lowest BCUT2D eigenvalue weighted by Crippen LogP contribution is -2.33. The molecule has 2 atom stereocenters. The Bertz CT molecular complexity index is 1130. The third-order valence-corrected chi connectivity index (χ3v) is 5.84. The number of anilines is 1. The number of aldehydes is 2. The molecule has 0 aliphatic carbocycles. The molecular weight excluding hydrogens is 474 g/mol. The molecule has 35 heavy (non-hydrogen) atoms. The second-order valence-corrected chi connectivity index (χ2v) is 8.05. The van der Waals surface area contributed by atoms with E-state index in [4.69, 9.17) is 17.3 Å². The molecule has 0 aliphatic heterocycles. The van der Waals surface area contributed by atoms with Crippen LogP contribution in [0.3, 0.4) is 0 Å². The van der Waals surface area contributed by atoms with Gasteiger partial charge in [-0.05, 0) is 37.2 Å². The molecule has 0 radical (unpaired) electrons. The lowest BCUT2D eigenvalue weighted by molar-refractivity contribution is -0.109. The lowest BCUT2D eigenvalue weighted by Gasteiger charge is -2.27. The number of benzene rings is 2. The quantitative estimate of drug-likeness (QED) is 0.316. The fraction of sp³-hybridized carbons (Fsp3) is 0.269. The highest BCUT2D eigenvalue weighted by atomic mass is 35.5. The van der Waals surface area contributed by atoms with E-state index in [-0.39, 0.29) is 35.2 Å². The summed E-state index contributed by atoms with van der Waals surface area (Å²) in [5, 5.41) is -0.233. The summed E-state index contributed by atoms with van der Waals surface area (Å²) in [5.74, 6) is -1.99. The molecule has 3 rings (SSSR count). The summed E-state index contributed by atoms with van der Waals surface area (Å²) in [6.45, 7) is 0.235. The molecule has 4 N–H and O–H groups in total. The molecule has 0 saturated heterocycles. The summed E-state index contributed by atoms with van der Waals surface area (Å²) in [5.41, 5.74) is 12.9. The molecule has 0 bridgehead atoms. The van der Waals surface area contributed by atoms with Crippen LogP contribution in [0, 0.1) is 11.6 Å². The number of carbonyl (C=O) groups is 2. The number of hydrogen-bond acceptors (Lipinski definition) is 6. The van der Waals surface area contributed by atoms with Gasteiger partial charge in [0.25, 0.3) is 0 Å². The minimum absolute atomic E-state index is 0.0253. The van der Waals surface area contributed by atoms with Gasteiger partial charge in [0.1, 0.15) is 24.2 Å². The highest BCUT2D eigenvalue weighted by Gasteiger charge is 2.22. The Morgan fingerprint density at radius 3 is 2.34 bits per heavy atom. The van der Waals surface area contributed by atoms with Crippen molar-refractivity contribution in [3.05, 3.63) is 82.5 Å². The van der Waals surface area contributed by atoms with Crippen molar-refractivity contribution in [2.24, 2.45) is 11.5 Å². The van der Waals surface area contributed by atoms with Gasteiger partial charge in [0, 0.05) is 43.2 Å². The van der Waals surface area contributed by atoms with Gasteiger partial charge in [-0.2, -0.15) is 0 Å². The largest absolute Gasteiger partial charge is 0.365 e. The van der Waals surface area contributed by atoms with Crippen LogP contribution in [-0.4, -0.2) is 44.2 Å². The molecule has 0 saturated carbocycles. The van der Waals surface area contributed by atoms with Crippen LogP contribution in [-0.2, 0) is 9.59 Å². The Morgan fingerprint density at radius 2 is 1.74 bits per heavy atom. The maximum Gasteiger partial charge on any atom is 0.144 e. The van der Waals surface area contributed by atoms with Gasteiger partial charge in [-0.3, -0.25) is 4.98 Å². The van der Waals surface area contributed by atoms with Crippen LogP contribution in [0.15, 0.2) is 54.6 Å². The van der Waals surface area contributed by atoms with E-state index in [1.807, 2.05) is 30.3 Å². The van der Waals surface area contributed by atoms with Crippen molar-refractivity contribution in [2.75, 3.05) is 25.5 Å². The molecule has 3 aromatic rings. The van der Waals surface area contributed by atoms with Crippen molar-refractivity contribution in [3.63, 3.8) is 0 Å². The van der Waals surface area contributed by atoms with Crippen LogP contribution >= 0.6 is 11.6 Å². The lowest BCUT2D eigenvalue weighted by atomic mass is 9.94. The highest BCUT2D eigenvalue weighted by molar-refractivity contribution is 6.31. The molecule has 0 amide bonds. The van der Waals surface area contributed by atoms with Crippen LogP contribution in [0.4, 0.5) is 14.5 Å². The number of carbonyl (C=O) groups excluding carboxylic acids is 2. The van der Waals surface area contributed by atoms with Gasteiger partial charge in [-0.1, -0.05) is 41.9 Å². The third-order valence-electron chi connectivity index (χ3n) is 5.55. The van der Waals surface area contributed by atoms with Crippen molar-refractivity contribution in [2.45, 2.75) is 24.8 Å². The van der Waals surface area contributed by atoms with Crippen LogP contribution in [0.25, 0.3) is 11.3 Å². The number of rotatable bonds is 10. The van der Waals surface area contributed by atoms with Gasteiger partial charge < -0.3 is 26.0 Å². The number of halogens is 3. The number of aromatic nitrogens is 1. The zero-order valence-electron chi connectivity index (χ0n) is 19.6. The van der Waals surface area contributed by atoms with E-state index in [9.17, 15) is 18.4 Å². The Morgan fingerprint density at radius 1 is 1.06 bits per heavy atom. The zero-order valence-corrected chi connectivity index (χ0v) is 20.4. The smallest absolute Gasteiger partial charge is 0.144 e. The molecule has 9 heteroatoms. The van der Waals surface area contributed by atoms with E-state index in [1.165, 1.54) is 13.1 Å². The van der Waals surface area contributed by atoms with Crippen molar-refractivity contribution < 1.29 is 18.4 Å². The minimum atomic E-state index is -0.870. The first-order valence-electron chi connectivity index (χ1n) is 11.0. The number of nitrogens with two attached hydrogens (primary N) is 2. The fourth-order valence-electron chi connectivity index (χ4n) is 3.67. The predicted octanol–water partition coefficient (Wildman–Crippen LogP) is 4.33. The first-order valence-corrected chi connectivity index (χ1v) is 11.4. The normalized spacial score (nSPS) is 12.2. The molecule has 186 valence electrons. The van der Waals surface area contributed by atoms with E-state index >= 15 is 0 Å². The monoisotopic (exact) mass is 502 g/mol. The molecular formula is C26H29ClF2N4O2. The van der Waals surface area contributed by atoms with Gasteiger partial charge in [0.2, 0.25) is 0 Å². The standard InChI is InChI=1S/C25H24ClF2N3O2.CH5N/c1-31(17(15-33)8-5-9-32)18-10-24(19-12-21(26)23(28)13-22(19)27)30-25(11-18)20(14-29)16-6-3-2-4-7-16;1-2/h2-4,6-7,9-13,15,17,20H,5,8,14,29H2,1H3;2H2,1H3. The van der Waals surface area contributed by atoms with Gasteiger partial charge >= 0.3 is 0 Å². The first-order chi connectivity index (χ1) is 16.9. The molecule has 2 unspecified atom stereocenters. The van der Waals surface area contributed by atoms with Crippen LogP contribution < -0.4 is 16.4 Å². The summed E-state index contributed by atoms with van der Waals surface area (Å²) in [6, 6.07) is 14.2. The molecule has 0 spiro atoms. The van der Waals surface area contributed by atoms with Gasteiger partial charge in [-0.25, -0.2) is 8.78 Å². The second kappa shape index (κ2) is 13.6. The predicted molar refractivity (Wildman–Crippen MR) is 136 cm³/mol. The molecule has 2 aromatic carbocycles. The third kappa shape index (κ3) is 6.91. The maximum absolute atomic E-state index is 14.7. The number of pyridine rings is 1. The van der Waals surface area contributed by atoms with Crippen molar-refractivity contribution in [1.82, 2.24) is 4.98 Å². The first kappa shape index (κ1) is 28.0. The number of nitrogens with zero attached hydrogens (tertiary/aromatic N) is 2. The van der Waals surface area contributed by atoms with Gasteiger partial charge in [-0.15, -0.1) is 0 Å². The van der Waals surface area contributed by atoms with Crippen molar-refractivity contribution >= 4 is 29.9 Å². The van der Waals surface area contributed by atoms with E-state index in [0.717, 1.165) is 18.1 Å². The van der Waals surface area contributed by atoms with E-state index in [2.05, 4.69) is 10.7 Å². The summed E-state index contributed by atoms with van der Waals surface area (Å²) in [7, 11) is 3.21. The molecule has 0 aliphatic rings. The number of likely N-dealkylation sites (N-methyl/N-ethyl adjacent to an activating group) is 1. The molecule has 1 aromatic heterocycles. The summed E-state index contributed by atoms with van der Waals surface area (Å²) >= 11 is 5.91. The Labute approximate surface area is 208 Å². The van der Waals surface area contributed by atoms with Crippen LogP contribution in [0.5, 0.6) is 0 Å². The number of hydrogen-bond donors (Lipinski definition) is 2. The minimum Gasteiger partial charge on any atom is -0.365 e. The second-order valence-electron chi connectivity index (χ2n) is 7.64. The topological polar surface area (TPSA) is 102 Å². The average molecular weight is 503 g/mol. The van der Waals surface area contributed by atoms with E-state index in [1.54, 1.807) is 24.1 Å². The Balaban J connectivity index is 0.00000210. The summed E-state index contributed by atoms with van der Waals surface area (Å²) in [4.78, 5) is 28.9. The van der Waals surface area contributed by atoms with Gasteiger partial charge in [0.15, 0.2) is 0 Å². The van der Waals surface area contributed by atoms with Gasteiger partial charge in [0.05, 0.1) is 22.5 Å². The Kier molecular flexibility index (Phi) is 10.9. The summed E-state index contributed by atoms with van der Waals surface area (Å²) < 4.78 is 28.5. The van der Waals surface area contributed by atoms with E-state index in [0.29, 0.717) is 23.9 Å². The highest BCUT2D eigenvalue weighted by Crippen LogP contribution is 2.33. The Hall–Kier alpha value is -3.20. The van der Waals surface area contributed by atoms with E-state index < -0.39 is 17.7 Å². The van der Waals surface area contributed by atoms with Crippen LogP contribution in [0.1, 0.15) is 30.0 Å². The molecule has 6 nitrogen and oxygen atoms in total. The zero-order chi connectivity index (χ0) is 26.0. The maximum atomic E-state index is 14.7. The van der Waals surface area contributed by atoms with Crippen molar-refractivity contribution in [3.8, 4) is 11.3 Å². The molecule has 0 fully saturated rings. The summed E-state index contributed by atoms with van der Waals surface area (Å²) in [6.07, 6.45) is 2.06. The van der Waals surface area contributed by atoms with Crippen LogP contribution in [0.2, 0.25) is 5.02 Å².